The summed E-state index contributed by atoms with van der Waals surface area (Å²) in [4.78, 5) is 11.8. The van der Waals surface area contributed by atoms with Crippen molar-refractivity contribution < 1.29 is 22.7 Å². The molecule has 0 saturated heterocycles. The van der Waals surface area contributed by atoms with Gasteiger partial charge in [0.2, 0.25) is 15.9 Å². The highest BCUT2D eigenvalue weighted by Gasteiger charge is 2.16. The molecule has 0 aromatic heterocycles. The summed E-state index contributed by atoms with van der Waals surface area (Å²) < 4.78 is 33.6. The summed E-state index contributed by atoms with van der Waals surface area (Å²) in [5.41, 5.74) is 0.445. The molecule has 0 bridgehead atoms. The Kier molecular flexibility index (Phi) is 5.34. The van der Waals surface area contributed by atoms with Gasteiger partial charge in [-0.1, -0.05) is 0 Å². The summed E-state index contributed by atoms with van der Waals surface area (Å²) >= 11 is 0. The number of nitrogens with zero attached hydrogens (tertiary/aromatic N) is 1. The molecule has 0 unspecified atom stereocenters. The van der Waals surface area contributed by atoms with Crippen LogP contribution in [0.4, 0.5) is 5.69 Å². The van der Waals surface area contributed by atoms with E-state index in [0.29, 0.717) is 17.2 Å². The van der Waals surface area contributed by atoms with E-state index in [0.717, 1.165) is 10.6 Å². The van der Waals surface area contributed by atoms with Crippen LogP contribution in [0.1, 0.15) is 0 Å². The number of carbonyl (C=O) groups excluding carboxylic acids is 1. The van der Waals surface area contributed by atoms with Crippen LogP contribution in [0.25, 0.3) is 0 Å². The predicted octanol–water partition coefficient (Wildman–Crippen LogP) is 0.534. The molecule has 1 aromatic rings. The summed E-state index contributed by atoms with van der Waals surface area (Å²) in [7, 11) is 0.925. The molecule has 0 aliphatic carbocycles. The lowest BCUT2D eigenvalue weighted by Crippen LogP contribution is -2.34. The van der Waals surface area contributed by atoms with Gasteiger partial charge in [-0.15, -0.1) is 0 Å². The fraction of sp³-hybridized carbons (Fsp3) is 0.417. The summed E-state index contributed by atoms with van der Waals surface area (Å²) in [5.74, 6) is 0.564. The van der Waals surface area contributed by atoms with Gasteiger partial charge in [-0.05, 0) is 12.1 Å². The van der Waals surface area contributed by atoms with E-state index >= 15 is 0 Å². The van der Waals surface area contributed by atoms with E-state index in [1.165, 1.54) is 21.3 Å². The lowest BCUT2D eigenvalue weighted by Gasteiger charge is -2.15. The minimum absolute atomic E-state index is 0.270. The molecule has 112 valence electrons. The molecule has 0 aliphatic heterocycles. The van der Waals surface area contributed by atoms with Gasteiger partial charge in [0.25, 0.3) is 0 Å². The number of anilines is 1. The highest BCUT2D eigenvalue weighted by molar-refractivity contribution is 7.88. The zero-order valence-corrected chi connectivity index (χ0v) is 12.7. The second-order valence-corrected chi connectivity index (χ2v) is 6.22. The van der Waals surface area contributed by atoms with Crippen molar-refractivity contribution in [2.75, 3.05) is 39.4 Å². The van der Waals surface area contributed by atoms with Crippen LogP contribution in [-0.4, -0.2) is 52.7 Å². The predicted molar refractivity (Wildman–Crippen MR) is 75.6 cm³/mol. The SMILES string of the molecule is COc1ccc(NC(=O)CN(C)S(C)(=O)=O)c(OC)c1. The van der Waals surface area contributed by atoms with E-state index in [2.05, 4.69) is 5.32 Å². The van der Waals surface area contributed by atoms with Crippen molar-refractivity contribution >= 4 is 21.6 Å². The van der Waals surface area contributed by atoms with Crippen LogP contribution in [0.2, 0.25) is 0 Å². The summed E-state index contributed by atoms with van der Waals surface area (Å²) in [6.45, 7) is -0.270. The zero-order chi connectivity index (χ0) is 15.3. The van der Waals surface area contributed by atoms with E-state index in [-0.39, 0.29) is 6.54 Å². The number of hydrogen-bond acceptors (Lipinski definition) is 5. The molecule has 0 radical (unpaired) electrons. The van der Waals surface area contributed by atoms with Crippen molar-refractivity contribution in [3.63, 3.8) is 0 Å². The van der Waals surface area contributed by atoms with Crippen LogP contribution in [0, 0.1) is 0 Å². The van der Waals surface area contributed by atoms with Crippen LogP contribution in [0.3, 0.4) is 0 Å². The third kappa shape index (κ3) is 4.39. The largest absolute Gasteiger partial charge is 0.497 e. The first kappa shape index (κ1) is 16.3. The molecule has 0 atom stereocenters. The average molecular weight is 302 g/mol. The van der Waals surface area contributed by atoms with E-state index < -0.39 is 15.9 Å². The normalized spacial score (nSPS) is 11.2. The number of likely N-dealkylation sites (N-methyl/N-ethyl adjacent to an activating group) is 1. The number of nitrogens with one attached hydrogen (secondary N) is 1. The number of hydrogen-bond donors (Lipinski definition) is 1. The van der Waals surface area contributed by atoms with Crippen LogP contribution >= 0.6 is 0 Å². The Morgan fingerprint density at radius 3 is 2.45 bits per heavy atom. The fourth-order valence-corrected chi connectivity index (χ4v) is 1.76. The van der Waals surface area contributed by atoms with Gasteiger partial charge in [0.15, 0.2) is 0 Å². The standard InChI is InChI=1S/C12H18N2O5S/c1-14(20(4,16)17)8-12(15)13-10-6-5-9(18-2)7-11(10)19-3/h5-7H,8H2,1-4H3,(H,13,15). The van der Waals surface area contributed by atoms with Crippen LogP contribution < -0.4 is 14.8 Å². The number of carbonyl (C=O) groups is 1. The van der Waals surface area contributed by atoms with Crippen LogP contribution in [0.5, 0.6) is 11.5 Å². The lowest BCUT2D eigenvalue weighted by atomic mass is 10.2. The Labute approximate surface area is 118 Å². The number of rotatable bonds is 6. The van der Waals surface area contributed by atoms with E-state index in [9.17, 15) is 13.2 Å². The number of amides is 1. The zero-order valence-electron chi connectivity index (χ0n) is 11.8. The van der Waals surface area contributed by atoms with Gasteiger partial charge in [-0.25, -0.2) is 8.42 Å². The topological polar surface area (TPSA) is 84.9 Å². The molecular weight excluding hydrogens is 284 g/mol. The third-order valence-corrected chi connectivity index (χ3v) is 3.88. The van der Waals surface area contributed by atoms with Gasteiger partial charge >= 0.3 is 0 Å². The second kappa shape index (κ2) is 6.58. The van der Waals surface area contributed by atoms with Gasteiger partial charge in [-0.3, -0.25) is 4.79 Å². The Bertz CT molecular complexity index is 586. The van der Waals surface area contributed by atoms with E-state index in [1.807, 2.05) is 0 Å². The number of benzene rings is 1. The molecule has 1 amide bonds. The molecule has 1 rings (SSSR count). The Morgan fingerprint density at radius 1 is 1.30 bits per heavy atom. The Hall–Kier alpha value is -1.80. The van der Waals surface area contributed by atoms with Gasteiger partial charge in [0.1, 0.15) is 11.5 Å². The highest BCUT2D eigenvalue weighted by Crippen LogP contribution is 2.28. The molecule has 20 heavy (non-hydrogen) atoms. The molecule has 0 saturated carbocycles. The van der Waals surface area contributed by atoms with Gasteiger partial charge in [0.05, 0.1) is 32.7 Å². The molecule has 1 aromatic carbocycles. The second-order valence-electron chi connectivity index (χ2n) is 4.13. The van der Waals surface area contributed by atoms with Crippen molar-refractivity contribution in [3.05, 3.63) is 18.2 Å². The van der Waals surface area contributed by atoms with Gasteiger partial charge < -0.3 is 14.8 Å². The maximum absolute atomic E-state index is 11.8. The third-order valence-electron chi connectivity index (χ3n) is 2.62. The van der Waals surface area contributed by atoms with Crippen molar-refractivity contribution in [2.24, 2.45) is 0 Å². The smallest absolute Gasteiger partial charge is 0.239 e. The maximum atomic E-state index is 11.8. The Morgan fingerprint density at radius 2 is 1.95 bits per heavy atom. The molecular formula is C12H18N2O5S. The maximum Gasteiger partial charge on any atom is 0.239 e. The molecule has 1 N–H and O–H groups in total. The van der Waals surface area contributed by atoms with E-state index in [1.54, 1.807) is 18.2 Å². The number of sulfonamides is 1. The van der Waals surface area contributed by atoms with Gasteiger partial charge in [-0.2, -0.15) is 4.31 Å². The summed E-state index contributed by atoms with van der Waals surface area (Å²) in [6.07, 6.45) is 1.04. The van der Waals surface area contributed by atoms with Crippen molar-refractivity contribution in [2.45, 2.75) is 0 Å². The first-order chi connectivity index (χ1) is 9.27. The number of ether oxygens (including phenoxy) is 2. The Balaban J connectivity index is 2.81. The molecule has 0 aliphatic rings. The first-order valence-corrected chi connectivity index (χ1v) is 7.56. The van der Waals surface area contributed by atoms with E-state index in [4.69, 9.17) is 9.47 Å². The van der Waals surface area contributed by atoms with Crippen molar-refractivity contribution in [3.8, 4) is 11.5 Å². The monoisotopic (exact) mass is 302 g/mol. The van der Waals surface area contributed by atoms with Crippen molar-refractivity contribution in [1.29, 1.82) is 0 Å². The lowest BCUT2D eigenvalue weighted by molar-refractivity contribution is -0.116. The summed E-state index contributed by atoms with van der Waals surface area (Å²) in [5, 5.41) is 2.59. The molecule has 8 heteroatoms. The molecule has 0 heterocycles. The average Bonchev–Trinajstić information content (AvgIpc) is 2.37. The quantitative estimate of drug-likeness (QED) is 0.828. The summed E-state index contributed by atoms with van der Waals surface area (Å²) in [6, 6.07) is 4.91. The van der Waals surface area contributed by atoms with Gasteiger partial charge in [0, 0.05) is 13.1 Å². The fourth-order valence-electron chi connectivity index (χ4n) is 1.41. The minimum Gasteiger partial charge on any atom is -0.497 e. The molecule has 7 nitrogen and oxygen atoms in total. The van der Waals surface area contributed by atoms with Crippen LogP contribution in [0.15, 0.2) is 18.2 Å². The first-order valence-electron chi connectivity index (χ1n) is 5.71. The molecule has 0 fully saturated rings. The number of methoxy groups -OCH3 is 2. The molecule has 0 spiro atoms. The highest BCUT2D eigenvalue weighted by atomic mass is 32.2. The minimum atomic E-state index is -3.40. The van der Waals surface area contributed by atoms with Crippen LogP contribution in [-0.2, 0) is 14.8 Å². The van der Waals surface area contributed by atoms with Crippen molar-refractivity contribution in [1.82, 2.24) is 4.31 Å².